The van der Waals surface area contributed by atoms with Crippen LogP contribution >= 0.6 is 7.60 Å². The van der Waals surface area contributed by atoms with Crippen molar-refractivity contribution in [1.82, 2.24) is 4.57 Å². The second-order valence-electron chi connectivity index (χ2n) is 7.81. The van der Waals surface area contributed by atoms with Gasteiger partial charge in [0.25, 0.3) is 5.56 Å². The first kappa shape index (κ1) is 25.0. The lowest BCUT2D eigenvalue weighted by atomic mass is 10.1. The van der Waals surface area contributed by atoms with E-state index in [2.05, 4.69) is 0 Å². The van der Waals surface area contributed by atoms with Crippen LogP contribution in [0.25, 0.3) is 0 Å². The molecule has 1 aromatic carbocycles. The topological polar surface area (TPSA) is 110 Å². The molecule has 0 aliphatic rings. The van der Waals surface area contributed by atoms with Crippen LogP contribution in [0.4, 0.5) is 0 Å². The number of carbonyl (C=O) groups is 1. The lowest BCUT2D eigenvalue weighted by Crippen LogP contribution is -2.34. The van der Waals surface area contributed by atoms with E-state index in [0.717, 1.165) is 5.56 Å². The van der Waals surface area contributed by atoms with Gasteiger partial charge in [-0.2, -0.15) is 0 Å². The van der Waals surface area contributed by atoms with Gasteiger partial charge in [0.05, 0.1) is 12.2 Å². The van der Waals surface area contributed by atoms with E-state index in [9.17, 15) is 14.2 Å². The standard InChI is InChI=1S/C22H31N2O6P/c1-16(2)29-31(27,30-17(3)4)15-24-11-10-19(13-21(24)25)12-20(23)22(26)28-14-18-8-6-5-7-9-18/h5-11,13,16-17,20H,12,14-15,23H2,1-4H3/t20-/m0/s1. The highest BCUT2D eigenvalue weighted by Gasteiger charge is 2.29. The predicted octanol–water partition coefficient (Wildman–Crippen LogP) is 3.46. The third kappa shape index (κ3) is 8.42. The lowest BCUT2D eigenvalue weighted by Gasteiger charge is -2.23. The Morgan fingerprint density at radius 2 is 1.65 bits per heavy atom. The molecule has 170 valence electrons. The van der Waals surface area contributed by atoms with Crippen molar-refractivity contribution in [2.45, 2.75) is 65.3 Å². The zero-order valence-electron chi connectivity index (χ0n) is 18.4. The van der Waals surface area contributed by atoms with E-state index >= 15 is 0 Å². The van der Waals surface area contributed by atoms with Gasteiger partial charge in [0.2, 0.25) is 0 Å². The molecule has 0 radical (unpaired) electrons. The number of hydrogen-bond donors (Lipinski definition) is 1. The molecule has 31 heavy (non-hydrogen) atoms. The van der Waals surface area contributed by atoms with Gasteiger partial charge in [0.1, 0.15) is 18.9 Å². The number of aromatic nitrogens is 1. The predicted molar refractivity (Wildman–Crippen MR) is 119 cm³/mol. The normalized spacial score (nSPS) is 12.9. The summed E-state index contributed by atoms with van der Waals surface area (Å²) < 4.78 is 30.5. The van der Waals surface area contributed by atoms with Gasteiger partial charge in [-0.05, 0) is 51.3 Å². The molecule has 0 aliphatic carbocycles. The maximum atomic E-state index is 13.0. The molecule has 2 N–H and O–H groups in total. The summed E-state index contributed by atoms with van der Waals surface area (Å²) >= 11 is 0. The average Bonchev–Trinajstić information content (AvgIpc) is 2.67. The lowest BCUT2D eigenvalue weighted by molar-refractivity contribution is -0.146. The Morgan fingerprint density at radius 1 is 1.03 bits per heavy atom. The number of benzene rings is 1. The molecule has 9 heteroatoms. The van der Waals surface area contributed by atoms with Gasteiger partial charge in [-0.25, -0.2) is 0 Å². The Balaban J connectivity index is 2.01. The highest BCUT2D eigenvalue weighted by Crippen LogP contribution is 2.51. The van der Waals surface area contributed by atoms with Crippen LogP contribution in [-0.2, 0) is 42.5 Å². The van der Waals surface area contributed by atoms with Gasteiger partial charge in [-0.1, -0.05) is 30.3 Å². The van der Waals surface area contributed by atoms with Crippen molar-refractivity contribution in [2.24, 2.45) is 5.73 Å². The zero-order valence-corrected chi connectivity index (χ0v) is 19.3. The van der Waals surface area contributed by atoms with E-state index in [1.165, 1.54) is 16.8 Å². The molecule has 0 saturated carbocycles. The summed E-state index contributed by atoms with van der Waals surface area (Å²) in [6, 6.07) is 11.4. The fraction of sp³-hybridized carbons (Fsp3) is 0.455. The van der Waals surface area contributed by atoms with Gasteiger partial charge in [0, 0.05) is 12.3 Å². The number of nitrogens with two attached hydrogens (primary N) is 1. The van der Waals surface area contributed by atoms with E-state index in [1.807, 2.05) is 30.3 Å². The average molecular weight is 450 g/mol. The molecule has 2 rings (SSSR count). The van der Waals surface area contributed by atoms with Crippen molar-refractivity contribution in [3.63, 3.8) is 0 Å². The van der Waals surface area contributed by atoms with Crippen LogP contribution in [0.2, 0.25) is 0 Å². The third-order valence-electron chi connectivity index (χ3n) is 4.11. The minimum absolute atomic E-state index is 0.135. The van der Waals surface area contributed by atoms with Crippen molar-refractivity contribution in [3.8, 4) is 0 Å². The summed E-state index contributed by atoms with van der Waals surface area (Å²) in [4.78, 5) is 24.7. The summed E-state index contributed by atoms with van der Waals surface area (Å²) in [5.41, 5.74) is 7.00. The number of pyridine rings is 1. The molecule has 1 aromatic heterocycles. The molecular formula is C22H31N2O6P. The van der Waals surface area contributed by atoms with Gasteiger partial charge >= 0.3 is 13.6 Å². The van der Waals surface area contributed by atoms with Crippen molar-refractivity contribution in [3.05, 3.63) is 70.1 Å². The van der Waals surface area contributed by atoms with E-state index in [4.69, 9.17) is 19.5 Å². The quantitative estimate of drug-likeness (QED) is 0.412. The number of rotatable bonds is 11. The van der Waals surface area contributed by atoms with Crippen molar-refractivity contribution in [1.29, 1.82) is 0 Å². The molecule has 8 nitrogen and oxygen atoms in total. The molecule has 2 aromatic rings. The first-order chi connectivity index (χ1) is 14.6. The molecule has 0 unspecified atom stereocenters. The Kier molecular flexibility index (Phi) is 9.19. The third-order valence-corrected chi connectivity index (χ3v) is 6.25. The summed E-state index contributed by atoms with van der Waals surface area (Å²) in [6.07, 6.45) is 0.804. The van der Waals surface area contributed by atoms with Crippen LogP contribution in [0.5, 0.6) is 0 Å². The minimum atomic E-state index is -3.51. The van der Waals surface area contributed by atoms with Crippen LogP contribution in [0.1, 0.15) is 38.8 Å². The van der Waals surface area contributed by atoms with Crippen LogP contribution in [-0.4, -0.2) is 28.8 Å². The SMILES string of the molecule is CC(C)OP(=O)(Cn1ccc(C[C@H](N)C(=O)OCc2ccccc2)cc1=O)OC(C)C. The molecule has 1 atom stereocenters. The maximum Gasteiger partial charge on any atom is 0.350 e. The van der Waals surface area contributed by atoms with Crippen LogP contribution in [0.3, 0.4) is 0 Å². The number of nitrogens with zero attached hydrogens (tertiary/aromatic N) is 1. The van der Waals surface area contributed by atoms with Gasteiger partial charge in [-0.3, -0.25) is 14.2 Å². The Bertz CT molecular complexity index is 944. The number of hydrogen-bond acceptors (Lipinski definition) is 7. The summed E-state index contributed by atoms with van der Waals surface area (Å²) in [7, 11) is -3.51. The first-order valence-electron chi connectivity index (χ1n) is 10.2. The fourth-order valence-electron chi connectivity index (χ4n) is 2.89. The van der Waals surface area contributed by atoms with E-state index in [1.54, 1.807) is 33.8 Å². The number of esters is 1. The molecule has 1 heterocycles. The fourth-order valence-corrected chi connectivity index (χ4v) is 4.96. The highest BCUT2D eigenvalue weighted by molar-refractivity contribution is 7.52. The van der Waals surface area contributed by atoms with Gasteiger partial charge < -0.3 is 24.1 Å². The maximum absolute atomic E-state index is 13.0. The molecule has 0 aliphatic heterocycles. The molecule has 0 bridgehead atoms. The number of ether oxygens (including phenoxy) is 1. The summed E-state index contributed by atoms with van der Waals surface area (Å²) in [6.45, 7) is 7.14. The van der Waals surface area contributed by atoms with Crippen molar-refractivity contribution >= 4 is 13.6 Å². The highest BCUT2D eigenvalue weighted by atomic mass is 31.2. The molecular weight excluding hydrogens is 419 g/mol. The Morgan fingerprint density at radius 3 is 2.19 bits per heavy atom. The summed E-state index contributed by atoms with van der Waals surface area (Å²) in [5.74, 6) is -0.548. The molecule has 0 saturated heterocycles. The summed E-state index contributed by atoms with van der Waals surface area (Å²) in [5, 5.41) is 0. The van der Waals surface area contributed by atoms with Crippen molar-refractivity contribution in [2.75, 3.05) is 0 Å². The molecule has 0 amide bonds. The largest absolute Gasteiger partial charge is 0.460 e. The molecule has 0 spiro atoms. The second kappa shape index (κ2) is 11.4. The Hall–Kier alpha value is -2.25. The minimum Gasteiger partial charge on any atom is -0.460 e. The molecule has 0 fully saturated rings. The monoisotopic (exact) mass is 450 g/mol. The smallest absolute Gasteiger partial charge is 0.350 e. The van der Waals surface area contributed by atoms with E-state index < -0.39 is 19.6 Å². The van der Waals surface area contributed by atoms with Gasteiger partial charge in [-0.15, -0.1) is 0 Å². The van der Waals surface area contributed by atoms with Crippen LogP contribution in [0.15, 0.2) is 53.5 Å². The zero-order chi connectivity index (χ0) is 23.0. The van der Waals surface area contributed by atoms with E-state index in [-0.39, 0.29) is 37.1 Å². The second-order valence-corrected chi connectivity index (χ2v) is 9.73. The first-order valence-corrected chi connectivity index (χ1v) is 11.9. The van der Waals surface area contributed by atoms with Crippen molar-refractivity contribution < 1.29 is 23.1 Å². The Labute approximate surface area is 182 Å². The van der Waals surface area contributed by atoms with Gasteiger partial charge in [0.15, 0.2) is 0 Å². The van der Waals surface area contributed by atoms with Crippen LogP contribution in [0, 0.1) is 0 Å². The number of carbonyl (C=O) groups excluding carboxylic acids is 1. The van der Waals surface area contributed by atoms with E-state index in [0.29, 0.717) is 5.56 Å². The van der Waals surface area contributed by atoms with Crippen LogP contribution < -0.4 is 11.3 Å².